The maximum Gasteiger partial charge on any atom is 0.0911 e. The van der Waals surface area contributed by atoms with Crippen molar-refractivity contribution < 1.29 is 4.74 Å². The second-order valence-electron chi connectivity index (χ2n) is 3.71. The van der Waals surface area contributed by atoms with Crippen molar-refractivity contribution in [1.29, 1.82) is 0 Å². The van der Waals surface area contributed by atoms with E-state index >= 15 is 0 Å². The molecule has 0 aliphatic carbocycles. The van der Waals surface area contributed by atoms with Crippen molar-refractivity contribution in [3.63, 3.8) is 0 Å². The van der Waals surface area contributed by atoms with Crippen LogP contribution in [0, 0.1) is 0 Å². The van der Waals surface area contributed by atoms with E-state index in [1.54, 1.807) is 11.3 Å². The molecule has 2 heterocycles. The van der Waals surface area contributed by atoms with Gasteiger partial charge in [0.25, 0.3) is 0 Å². The molecule has 72 valence electrons. The third-order valence-corrected chi connectivity index (χ3v) is 3.84. The third kappa shape index (κ3) is 1.92. The van der Waals surface area contributed by atoms with Gasteiger partial charge >= 0.3 is 0 Å². The zero-order valence-corrected chi connectivity index (χ0v) is 9.46. The lowest BCUT2D eigenvalue weighted by molar-refractivity contribution is -0.0699. The first-order chi connectivity index (χ1) is 6.21. The molecular formula is C10H14OS2. The monoisotopic (exact) mass is 214 g/mol. The fraction of sp³-hybridized carbons (Fsp3) is 0.600. The SMILES string of the molecule is CC1(c2csc(S)c2)CCCCO1. The first kappa shape index (κ1) is 9.56. The van der Waals surface area contributed by atoms with Crippen molar-refractivity contribution >= 4 is 24.0 Å². The smallest absolute Gasteiger partial charge is 0.0911 e. The maximum absolute atomic E-state index is 5.84. The molecule has 1 atom stereocenters. The van der Waals surface area contributed by atoms with Gasteiger partial charge in [-0.3, -0.25) is 0 Å². The van der Waals surface area contributed by atoms with Gasteiger partial charge in [-0.05, 0) is 43.2 Å². The van der Waals surface area contributed by atoms with E-state index in [-0.39, 0.29) is 5.60 Å². The minimum Gasteiger partial charge on any atom is -0.371 e. The largest absolute Gasteiger partial charge is 0.371 e. The summed E-state index contributed by atoms with van der Waals surface area (Å²) in [5.41, 5.74) is 1.25. The van der Waals surface area contributed by atoms with Gasteiger partial charge in [-0.2, -0.15) is 0 Å². The second kappa shape index (κ2) is 3.64. The van der Waals surface area contributed by atoms with Crippen molar-refractivity contribution in [1.82, 2.24) is 0 Å². The van der Waals surface area contributed by atoms with E-state index in [2.05, 4.69) is 31.0 Å². The van der Waals surface area contributed by atoms with Crippen molar-refractivity contribution in [2.75, 3.05) is 6.61 Å². The molecule has 2 rings (SSSR count). The summed E-state index contributed by atoms with van der Waals surface area (Å²) in [7, 11) is 0. The summed E-state index contributed by atoms with van der Waals surface area (Å²) in [6, 6.07) is 2.12. The van der Waals surface area contributed by atoms with Crippen molar-refractivity contribution in [2.24, 2.45) is 0 Å². The molecular weight excluding hydrogens is 200 g/mol. The summed E-state index contributed by atoms with van der Waals surface area (Å²) in [6.45, 7) is 3.08. The molecule has 0 aromatic carbocycles. The Kier molecular flexibility index (Phi) is 2.67. The van der Waals surface area contributed by atoms with Crippen LogP contribution in [0.15, 0.2) is 15.7 Å². The van der Waals surface area contributed by atoms with Gasteiger partial charge in [-0.15, -0.1) is 24.0 Å². The highest BCUT2D eigenvalue weighted by Gasteiger charge is 2.30. The molecule has 0 N–H and O–H groups in total. The van der Waals surface area contributed by atoms with Gasteiger partial charge in [-0.1, -0.05) is 0 Å². The highest BCUT2D eigenvalue weighted by molar-refractivity contribution is 7.82. The molecule has 3 heteroatoms. The lowest BCUT2D eigenvalue weighted by Gasteiger charge is -2.33. The van der Waals surface area contributed by atoms with E-state index < -0.39 is 0 Å². The average molecular weight is 214 g/mol. The van der Waals surface area contributed by atoms with Crippen LogP contribution in [-0.4, -0.2) is 6.61 Å². The molecule has 1 nitrogen and oxygen atoms in total. The first-order valence-corrected chi connectivity index (χ1v) is 5.95. The molecule has 1 aromatic heterocycles. The molecule has 0 radical (unpaired) electrons. The fourth-order valence-electron chi connectivity index (χ4n) is 1.76. The van der Waals surface area contributed by atoms with E-state index in [1.807, 2.05) is 0 Å². The summed E-state index contributed by atoms with van der Waals surface area (Å²) in [4.78, 5) is 0. The Labute approximate surface area is 88.5 Å². The summed E-state index contributed by atoms with van der Waals surface area (Å²) >= 11 is 6.01. The molecule has 0 bridgehead atoms. The summed E-state index contributed by atoms with van der Waals surface area (Å²) in [5, 5.41) is 2.16. The molecule has 0 saturated carbocycles. The van der Waals surface area contributed by atoms with Crippen LogP contribution in [0.3, 0.4) is 0 Å². The highest BCUT2D eigenvalue weighted by atomic mass is 32.2. The van der Waals surface area contributed by atoms with Crippen LogP contribution in [0.2, 0.25) is 0 Å². The zero-order valence-electron chi connectivity index (χ0n) is 7.75. The Morgan fingerprint density at radius 3 is 2.92 bits per heavy atom. The normalized spacial score (nSPS) is 29.1. The molecule has 1 aliphatic rings. The minimum atomic E-state index is -0.0459. The van der Waals surface area contributed by atoms with Crippen LogP contribution in [-0.2, 0) is 10.3 Å². The van der Waals surface area contributed by atoms with E-state index in [4.69, 9.17) is 4.74 Å². The van der Waals surface area contributed by atoms with Crippen LogP contribution in [0.5, 0.6) is 0 Å². The fourth-order valence-corrected chi connectivity index (χ4v) is 2.82. The Morgan fingerprint density at radius 1 is 1.54 bits per heavy atom. The molecule has 1 aromatic rings. The van der Waals surface area contributed by atoms with Crippen molar-refractivity contribution in [2.45, 2.75) is 36.0 Å². The number of rotatable bonds is 1. The average Bonchev–Trinajstić information content (AvgIpc) is 2.54. The number of ether oxygens (including phenoxy) is 1. The van der Waals surface area contributed by atoms with Crippen molar-refractivity contribution in [3.05, 3.63) is 17.0 Å². The Balaban J connectivity index is 2.22. The van der Waals surface area contributed by atoms with E-state index in [1.165, 1.54) is 18.4 Å². The Morgan fingerprint density at radius 2 is 2.38 bits per heavy atom. The topological polar surface area (TPSA) is 9.23 Å². The number of thiophene rings is 1. The van der Waals surface area contributed by atoms with E-state index in [0.717, 1.165) is 17.2 Å². The Bertz CT molecular complexity index is 287. The second-order valence-corrected chi connectivity index (χ2v) is 5.41. The summed E-state index contributed by atoms with van der Waals surface area (Å²) < 4.78 is 6.91. The van der Waals surface area contributed by atoms with Gasteiger partial charge in [0.05, 0.1) is 9.81 Å². The van der Waals surface area contributed by atoms with Crippen LogP contribution >= 0.6 is 24.0 Å². The van der Waals surface area contributed by atoms with Gasteiger partial charge in [0.15, 0.2) is 0 Å². The minimum absolute atomic E-state index is 0.0459. The number of thiol groups is 1. The third-order valence-electron chi connectivity index (χ3n) is 2.67. The maximum atomic E-state index is 5.84. The molecule has 0 amide bonds. The predicted molar refractivity (Wildman–Crippen MR) is 58.7 cm³/mol. The van der Waals surface area contributed by atoms with Crippen LogP contribution < -0.4 is 0 Å². The van der Waals surface area contributed by atoms with Crippen LogP contribution in [0.25, 0.3) is 0 Å². The lowest BCUT2D eigenvalue weighted by Crippen LogP contribution is -2.29. The van der Waals surface area contributed by atoms with Gasteiger partial charge in [0.2, 0.25) is 0 Å². The highest BCUT2D eigenvalue weighted by Crippen LogP contribution is 2.37. The number of hydrogen-bond acceptors (Lipinski definition) is 3. The first-order valence-electron chi connectivity index (χ1n) is 4.63. The van der Waals surface area contributed by atoms with E-state index in [9.17, 15) is 0 Å². The van der Waals surface area contributed by atoms with Gasteiger partial charge in [-0.25, -0.2) is 0 Å². The van der Waals surface area contributed by atoms with Gasteiger partial charge < -0.3 is 4.74 Å². The van der Waals surface area contributed by atoms with Gasteiger partial charge in [0.1, 0.15) is 0 Å². The van der Waals surface area contributed by atoms with E-state index in [0.29, 0.717) is 0 Å². The Hall–Kier alpha value is 0.01000. The van der Waals surface area contributed by atoms with Crippen LogP contribution in [0.4, 0.5) is 0 Å². The molecule has 1 saturated heterocycles. The van der Waals surface area contributed by atoms with Gasteiger partial charge in [0, 0.05) is 6.61 Å². The lowest BCUT2D eigenvalue weighted by atomic mass is 9.90. The molecule has 1 aliphatic heterocycles. The van der Waals surface area contributed by atoms with Crippen LogP contribution in [0.1, 0.15) is 31.7 Å². The number of hydrogen-bond donors (Lipinski definition) is 1. The van der Waals surface area contributed by atoms with Crippen molar-refractivity contribution in [3.8, 4) is 0 Å². The summed E-state index contributed by atoms with van der Waals surface area (Å²) in [5.74, 6) is 0. The summed E-state index contributed by atoms with van der Waals surface area (Å²) in [6.07, 6.45) is 3.61. The molecule has 0 spiro atoms. The molecule has 1 fully saturated rings. The zero-order chi connectivity index (χ0) is 9.31. The molecule has 1 unspecified atom stereocenters. The molecule has 13 heavy (non-hydrogen) atoms. The quantitative estimate of drug-likeness (QED) is 0.704. The standard InChI is InChI=1S/C10H14OS2/c1-10(4-2-3-5-11-10)8-6-9(12)13-7-8/h6-7,12H,2-5H2,1H3. The predicted octanol–water partition coefficient (Wildman–Crippen LogP) is 3.45.